The van der Waals surface area contributed by atoms with E-state index >= 15 is 0 Å². The number of nitrogens with two attached hydrogens (primary N) is 1. The maximum atomic E-state index is 13.4. The van der Waals surface area contributed by atoms with Crippen LogP contribution >= 0.6 is 0 Å². The molecule has 2 aromatic rings. The summed E-state index contributed by atoms with van der Waals surface area (Å²) in [6, 6.07) is 5.05. The van der Waals surface area contributed by atoms with Gasteiger partial charge in [-0.05, 0) is 18.2 Å². The lowest BCUT2D eigenvalue weighted by Crippen LogP contribution is -2.31. The third-order valence-electron chi connectivity index (χ3n) is 3.80. The normalized spacial score (nSPS) is 13.6. The Bertz CT molecular complexity index is 759. The number of benzene rings is 1. The summed E-state index contributed by atoms with van der Waals surface area (Å²) in [5.74, 6) is 0. The molecule has 0 aliphatic carbocycles. The van der Waals surface area contributed by atoms with E-state index in [-0.39, 0.29) is 29.9 Å². The predicted octanol–water partition coefficient (Wildman–Crippen LogP) is 3.37. The molecule has 0 aliphatic rings. The smallest absolute Gasteiger partial charge is 0.394 e. The van der Waals surface area contributed by atoms with Gasteiger partial charge in [0.25, 0.3) is 0 Å². The van der Waals surface area contributed by atoms with Crippen molar-refractivity contribution in [1.82, 2.24) is 10.3 Å². The fourth-order valence-corrected chi connectivity index (χ4v) is 2.50. The van der Waals surface area contributed by atoms with Gasteiger partial charge in [-0.2, -0.15) is 26.3 Å². The number of aliphatic hydroxyl groups excluding tert-OH is 1. The quantitative estimate of drug-likeness (QED) is 0.659. The molecule has 0 unspecified atom stereocenters. The van der Waals surface area contributed by atoms with Gasteiger partial charge in [0.2, 0.25) is 0 Å². The Morgan fingerprint density at radius 2 is 1.59 bits per heavy atom. The standard InChI is InChI=1S/C17H17F6N3O/c18-16(19,20)11-3-1-10(2-4-11)13-6-5-12(14(9-27)25-8-7-24)15(26-13)17(21,22)23/h1-6,14,25,27H,7-9,24H2/t14-/m0/s1. The molecule has 4 nitrogen and oxygen atoms in total. The molecular weight excluding hydrogens is 376 g/mol. The SMILES string of the molecule is NCCN[C@@H](CO)c1ccc(-c2ccc(C(F)(F)F)cc2)nc1C(F)(F)F. The molecule has 148 valence electrons. The minimum Gasteiger partial charge on any atom is -0.394 e. The van der Waals surface area contributed by atoms with Gasteiger partial charge in [-0.1, -0.05) is 18.2 Å². The number of alkyl halides is 6. The first-order valence-corrected chi connectivity index (χ1v) is 7.88. The van der Waals surface area contributed by atoms with E-state index in [2.05, 4.69) is 10.3 Å². The van der Waals surface area contributed by atoms with E-state index in [0.717, 1.165) is 30.3 Å². The van der Waals surface area contributed by atoms with E-state index in [0.29, 0.717) is 0 Å². The number of hydrogen-bond acceptors (Lipinski definition) is 4. The van der Waals surface area contributed by atoms with E-state index in [1.807, 2.05) is 0 Å². The molecule has 0 bridgehead atoms. The van der Waals surface area contributed by atoms with Crippen LogP contribution in [0.2, 0.25) is 0 Å². The van der Waals surface area contributed by atoms with Crippen LogP contribution in [0.3, 0.4) is 0 Å². The summed E-state index contributed by atoms with van der Waals surface area (Å²) < 4.78 is 78.2. The Labute approximate surface area is 151 Å². The number of rotatable bonds is 6. The van der Waals surface area contributed by atoms with Crippen molar-refractivity contribution in [2.24, 2.45) is 5.73 Å². The number of aliphatic hydroxyl groups is 1. The molecule has 0 spiro atoms. The molecule has 0 saturated heterocycles. The van der Waals surface area contributed by atoms with E-state index in [1.165, 1.54) is 6.07 Å². The number of halogens is 6. The van der Waals surface area contributed by atoms with E-state index in [9.17, 15) is 31.4 Å². The second-order valence-electron chi connectivity index (χ2n) is 5.69. The van der Waals surface area contributed by atoms with Crippen molar-refractivity contribution in [1.29, 1.82) is 0 Å². The fraction of sp³-hybridized carbons (Fsp3) is 0.353. The zero-order chi connectivity index (χ0) is 20.2. The van der Waals surface area contributed by atoms with Crippen molar-refractivity contribution >= 4 is 0 Å². The molecule has 0 radical (unpaired) electrons. The molecule has 4 N–H and O–H groups in total. The average molecular weight is 393 g/mol. The highest BCUT2D eigenvalue weighted by atomic mass is 19.4. The van der Waals surface area contributed by atoms with Gasteiger partial charge in [-0.25, -0.2) is 4.98 Å². The Morgan fingerprint density at radius 1 is 0.963 bits per heavy atom. The van der Waals surface area contributed by atoms with Crippen LogP contribution in [0, 0.1) is 0 Å². The maximum Gasteiger partial charge on any atom is 0.433 e. The maximum absolute atomic E-state index is 13.4. The van der Waals surface area contributed by atoms with Crippen LogP contribution in [0.4, 0.5) is 26.3 Å². The van der Waals surface area contributed by atoms with Crippen molar-refractivity contribution in [3.63, 3.8) is 0 Å². The first kappa shape index (κ1) is 21.1. The Hall–Kier alpha value is -2.17. The van der Waals surface area contributed by atoms with Gasteiger partial charge in [0.1, 0.15) is 5.69 Å². The van der Waals surface area contributed by atoms with Crippen LogP contribution < -0.4 is 11.1 Å². The molecule has 2 rings (SSSR count). The lowest BCUT2D eigenvalue weighted by Gasteiger charge is -2.21. The molecule has 10 heteroatoms. The van der Waals surface area contributed by atoms with Crippen LogP contribution in [-0.2, 0) is 12.4 Å². The molecule has 1 aromatic heterocycles. The first-order valence-electron chi connectivity index (χ1n) is 7.88. The summed E-state index contributed by atoms with van der Waals surface area (Å²) in [6.07, 6.45) is -9.36. The van der Waals surface area contributed by atoms with Gasteiger partial charge in [0.05, 0.1) is 23.9 Å². The summed E-state index contributed by atoms with van der Waals surface area (Å²) in [7, 11) is 0. The van der Waals surface area contributed by atoms with Crippen LogP contribution in [0.5, 0.6) is 0 Å². The zero-order valence-corrected chi connectivity index (χ0v) is 13.9. The minimum absolute atomic E-state index is 0.107. The lowest BCUT2D eigenvalue weighted by molar-refractivity contribution is -0.142. The summed E-state index contributed by atoms with van der Waals surface area (Å²) in [6.45, 7) is -0.261. The lowest BCUT2D eigenvalue weighted by atomic mass is 10.0. The van der Waals surface area contributed by atoms with Gasteiger partial charge in [0, 0.05) is 24.2 Å². The van der Waals surface area contributed by atoms with Crippen molar-refractivity contribution in [3.8, 4) is 11.3 Å². The van der Waals surface area contributed by atoms with Crippen molar-refractivity contribution < 1.29 is 31.4 Å². The molecule has 1 atom stereocenters. The molecule has 0 aliphatic heterocycles. The Balaban J connectivity index is 2.45. The van der Waals surface area contributed by atoms with E-state index in [1.54, 1.807) is 0 Å². The van der Waals surface area contributed by atoms with Gasteiger partial charge in [-0.15, -0.1) is 0 Å². The highest BCUT2D eigenvalue weighted by Gasteiger charge is 2.37. The molecule has 0 fully saturated rings. The second-order valence-corrected chi connectivity index (χ2v) is 5.69. The topological polar surface area (TPSA) is 71.2 Å². The second kappa shape index (κ2) is 8.24. The van der Waals surface area contributed by atoms with Gasteiger partial charge < -0.3 is 16.2 Å². The molecule has 0 saturated carbocycles. The molecule has 0 amide bonds. The molecule has 27 heavy (non-hydrogen) atoms. The summed E-state index contributed by atoms with van der Waals surface area (Å²) in [5, 5.41) is 12.1. The number of pyridine rings is 1. The van der Waals surface area contributed by atoms with Crippen LogP contribution in [0.15, 0.2) is 36.4 Å². The van der Waals surface area contributed by atoms with Gasteiger partial charge >= 0.3 is 12.4 Å². The third kappa shape index (κ3) is 5.18. The Kier molecular flexibility index (Phi) is 6.45. The highest BCUT2D eigenvalue weighted by molar-refractivity contribution is 5.60. The molecule has 1 heterocycles. The van der Waals surface area contributed by atoms with E-state index in [4.69, 9.17) is 5.73 Å². The largest absolute Gasteiger partial charge is 0.433 e. The third-order valence-corrected chi connectivity index (χ3v) is 3.80. The average Bonchev–Trinajstić information content (AvgIpc) is 2.61. The van der Waals surface area contributed by atoms with Gasteiger partial charge in [0.15, 0.2) is 0 Å². The fourth-order valence-electron chi connectivity index (χ4n) is 2.50. The molecule has 1 aromatic carbocycles. The van der Waals surface area contributed by atoms with Crippen LogP contribution in [0.1, 0.15) is 22.9 Å². The number of nitrogens with zero attached hydrogens (tertiary/aromatic N) is 1. The van der Waals surface area contributed by atoms with Crippen LogP contribution in [0.25, 0.3) is 11.3 Å². The number of nitrogens with one attached hydrogen (secondary N) is 1. The van der Waals surface area contributed by atoms with Crippen molar-refractivity contribution in [2.75, 3.05) is 19.7 Å². The van der Waals surface area contributed by atoms with Gasteiger partial charge in [-0.3, -0.25) is 0 Å². The van der Waals surface area contributed by atoms with Crippen LogP contribution in [-0.4, -0.2) is 29.8 Å². The van der Waals surface area contributed by atoms with E-state index < -0.39 is 36.3 Å². The highest BCUT2D eigenvalue weighted by Crippen LogP contribution is 2.36. The number of hydrogen-bond donors (Lipinski definition) is 3. The zero-order valence-electron chi connectivity index (χ0n) is 13.9. The summed E-state index contributed by atoms with van der Waals surface area (Å²) in [4.78, 5) is 3.59. The summed E-state index contributed by atoms with van der Waals surface area (Å²) >= 11 is 0. The minimum atomic E-state index is -4.81. The summed E-state index contributed by atoms with van der Waals surface area (Å²) in [5.41, 5.74) is 2.89. The van der Waals surface area contributed by atoms with Crippen molar-refractivity contribution in [3.05, 3.63) is 53.2 Å². The van der Waals surface area contributed by atoms with Crippen molar-refractivity contribution in [2.45, 2.75) is 18.4 Å². The predicted molar refractivity (Wildman–Crippen MR) is 86.6 cm³/mol. The first-order chi connectivity index (χ1) is 12.6. The number of aromatic nitrogens is 1. The Morgan fingerprint density at radius 3 is 2.07 bits per heavy atom. The monoisotopic (exact) mass is 393 g/mol. The molecular formula is C17H17F6N3O.